The van der Waals surface area contributed by atoms with Gasteiger partial charge in [-0.05, 0) is 11.6 Å². The van der Waals surface area contributed by atoms with Gasteiger partial charge in [-0.25, -0.2) is 4.98 Å². The van der Waals surface area contributed by atoms with Gasteiger partial charge in [-0.2, -0.15) is 0 Å². The molecule has 0 aliphatic carbocycles. The third kappa shape index (κ3) is 2.71. The van der Waals surface area contributed by atoms with E-state index in [-0.39, 0.29) is 12.0 Å². The number of aromatic nitrogens is 5. The summed E-state index contributed by atoms with van der Waals surface area (Å²) in [6.45, 7) is 5.60. The first-order chi connectivity index (χ1) is 11.7. The first-order valence-corrected chi connectivity index (χ1v) is 8.20. The third-order valence-electron chi connectivity index (χ3n) is 4.34. The fourth-order valence-corrected chi connectivity index (χ4v) is 3.14. The SMILES string of the molecule is CC(C)c1nnc(CN2CCc3[nH]cnc3C2c2cccnc2)o1. The molecule has 0 saturated carbocycles. The predicted octanol–water partition coefficient (Wildman–Crippen LogP) is 2.46. The highest BCUT2D eigenvalue weighted by molar-refractivity contribution is 5.30. The summed E-state index contributed by atoms with van der Waals surface area (Å²) in [6.07, 6.45) is 6.38. The number of H-pyrrole nitrogens is 1. The summed E-state index contributed by atoms with van der Waals surface area (Å²) in [7, 11) is 0. The van der Waals surface area contributed by atoms with E-state index in [0.29, 0.717) is 18.3 Å². The molecule has 1 N–H and O–H groups in total. The smallest absolute Gasteiger partial charge is 0.230 e. The van der Waals surface area contributed by atoms with Crippen molar-refractivity contribution >= 4 is 0 Å². The van der Waals surface area contributed by atoms with Crippen molar-refractivity contribution < 1.29 is 4.42 Å². The second-order valence-corrected chi connectivity index (χ2v) is 6.36. The average molecular weight is 324 g/mol. The van der Waals surface area contributed by atoms with Gasteiger partial charge in [0, 0.05) is 37.0 Å². The molecule has 0 spiro atoms. The molecule has 0 saturated heterocycles. The van der Waals surface area contributed by atoms with Crippen LogP contribution in [0.3, 0.4) is 0 Å². The zero-order valence-electron chi connectivity index (χ0n) is 13.8. The molecule has 0 aromatic carbocycles. The fraction of sp³-hybridized carbons (Fsp3) is 0.412. The molecule has 0 amide bonds. The molecule has 4 rings (SSSR count). The van der Waals surface area contributed by atoms with E-state index >= 15 is 0 Å². The predicted molar refractivity (Wildman–Crippen MR) is 87.2 cm³/mol. The maximum Gasteiger partial charge on any atom is 0.230 e. The van der Waals surface area contributed by atoms with Gasteiger partial charge in [0.1, 0.15) is 0 Å². The highest BCUT2D eigenvalue weighted by Crippen LogP contribution is 2.33. The molecule has 1 unspecified atom stereocenters. The van der Waals surface area contributed by atoms with Crippen molar-refractivity contribution in [1.29, 1.82) is 0 Å². The molecule has 0 radical (unpaired) electrons. The van der Waals surface area contributed by atoms with Crippen molar-refractivity contribution in [2.45, 2.75) is 38.8 Å². The molecule has 124 valence electrons. The highest BCUT2D eigenvalue weighted by Gasteiger charge is 2.32. The molecule has 4 heterocycles. The molecule has 0 bridgehead atoms. The number of aromatic amines is 1. The summed E-state index contributed by atoms with van der Waals surface area (Å²) >= 11 is 0. The Morgan fingerprint density at radius 3 is 3.04 bits per heavy atom. The Bertz CT molecular complexity index is 809. The molecular weight excluding hydrogens is 304 g/mol. The van der Waals surface area contributed by atoms with Gasteiger partial charge < -0.3 is 9.40 Å². The van der Waals surface area contributed by atoms with Crippen LogP contribution in [0.5, 0.6) is 0 Å². The van der Waals surface area contributed by atoms with Gasteiger partial charge in [0.2, 0.25) is 11.8 Å². The van der Waals surface area contributed by atoms with E-state index in [2.05, 4.69) is 36.1 Å². The van der Waals surface area contributed by atoms with E-state index in [1.165, 1.54) is 5.69 Å². The van der Waals surface area contributed by atoms with Crippen LogP contribution >= 0.6 is 0 Å². The Labute approximate surface area is 140 Å². The van der Waals surface area contributed by atoms with Gasteiger partial charge >= 0.3 is 0 Å². The number of pyridine rings is 1. The van der Waals surface area contributed by atoms with Gasteiger partial charge in [-0.3, -0.25) is 9.88 Å². The maximum atomic E-state index is 5.79. The van der Waals surface area contributed by atoms with E-state index < -0.39 is 0 Å². The first-order valence-electron chi connectivity index (χ1n) is 8.20. The van der Waals surface area contributed by atoms with Gasteiger partial charge in [-0.15, -0.1) is 10.2 Å². The second kappa shape index (κ2) is 6.16. The first kappa shape index (κ1) is 15.0. The monoisotopic (exact) mass is 324 g/mol. The normalized spacial score (nSPS) is 18.0. The highest BCUT2D eigenvalue weighted by atomic mass is 16.4. The van der Waals surface area contributed by atoms with Crippen LogP contribution in [0.1, 0.15) is 54.5 Å². The van der Waals surface area contributed by atoms with Crippen LogP contribution in [-0.2, 0) is 13.0 Å². The minimum Gasteiger partial charge on any atom is -0.424 e. The maximum absolute atomic E-state index is 5.79. The Kier molecular flexibility index (Phi) is 3.86. The number of imidazole rings is 1. The lowest BCUT2D eigenvalue weighted by Gasteiger charge is -2.34. The summed E-state index contributed by atoms with van der Waals surface area (Å²) in [5.74, 6) is 1.56. The van der Waals surface area contributed by atoms with E-state index in [0.717, 1.165) is 24.2 Å². The molecule has 1 atom stereocenters. The zero-order chi connectivity index (χ0) is 16.5. The minimum absolute atomic E-state index is 0.0445. The number of fused-ring (bicyclic) bond motifs is 1. The van der Waals surface area contributed by atoms with Crippen molar-refractivity contribution in [1.82, 2.24) is 30.0 Å². The Hall–Kier alpha value is -2.54. The summed E-state index contributed by atoms with van der Waals surface area (Å²) < 4.78 is 5.79. The number of nitrogens with one attached hydrogen (secondary N) is 1. The summed E-state index contributed by atoms with van der Waals surface area (Å²) in [6, 6.07) is 4.09. The van der Waals surface area contributed by atoms with Crippen molar-refractivity contribution in [3.63, 3.8) is 0 Å². The van der Waals surface area contributed by atoms with Crippen LogP contribution in [0.2, 0.25) is 0 Å². The molecule has 1 aliphatic heterocycles. The summed E-state index contributed by atoms with van der Waals surface area (Å²) in [5.41, 5.74) is 3.36. The van der Waals surface area contributed by atoms with Gasteiger partial charge in [0.25, 0.3) is 0 Å². The van der Waals surface area contributed by atoms with Crippen molar-refractivity contribution in [3.05, 3.63) is 59.6 Å². The number of nitrogens with zero attached hydrogens (tertiary/aromatic N) is 5. The molecule has 7 heteroatoms. The third-order valence-corrected chi connectivity index (χ3v) is 4.34. The van der Waals surface area contributed by atoms with Crippen LogP contribution in [0, 0.1) is 0 Å². The molecule has 7 nitrogen and oxygen atoms in total. The van der Waals surface area contributed by atoms with E-state index in [1.807, 2.05) is 26.1 Å². The van der Waals surface area contributed by atoms with Crippen molar-refractivity contribution in [2.75, 3.05) is 6.54 Å². The molecule has 3 aromatic rings. The standard InChI is InChI=1S/C17H20N6O/c1-11(2)17-22-21-14(24-17)9-23-7-5-13-15(20-10-19-13)16(23)12-4-3-6-18-8-12/h3-4,6,8,10-11,16H,5,7,9H2,1-2H3,(H,19,20). The van der Waals surface area contributed by atoms with E-state index in [4.69, 9.17) is 4.42 Å². The summed E-state index contributed by atoms with van der Waals surface area (Å²) in [5, 5.41) is 8.34. The van der Waals surface area contributed by atoms with Crippen LogP contribution in [0.15, 0.2) is 35.3 Å². The Balaban J connectivity index is 1.66. The number of hydrogen-bond acceptors (Lipinski definition) is 6. The zero-order valence-corrected chi connectivity index (χ0v) is 13.8. The Morgan fingerprint density at radius 1 is 1.38 bits per heavy atom. The van der Waals surface area contributed by atoms with Crippen LogP contribution in [0.4, 0.5) is 0 Å². The quantitative estimate of drug-likeness (QED) is 0.793. The lowest BCUT2D eigenvalue weighted by molar-refractivity contribution is 0.179. The molecule has 0 fully saturated rings. The number of hydrogen-bond donors (Lipinski definition) is 1. The minimum atomic E-state index is 0.0445. The molecule has 24 heavy (non-hydrogen) atoms. The van der Waals surface area contributed by atoms with Crippen LogP contribution in [-0.4, -0.2) is 36.6 Å². The fourth-order valence-electron chi connectivity index (χ4n) is 3.14. The topological polar surface area (TPSA) is 83.7 Å². The van der Waals surface area contributed by atoms with Crippen LogP contribution in [0.25, 0.3) is 0 Å². The van der Waals surface area contributed by atoms with E-state index in [1.54, 1.807) is 12.5 Å². The van der Waals surface area contributed by atoms with Gasteiger partial charge in [0.05, 0.1) is 24.6 Å². The molecule has 3 aromatic heterocycles. The largest absolute Gasteiger partial charge is 0.424 e. The van der Waals surface area contributed by atoms with Gasteiger partial charge in [-0.1, -0.05) is 19.9 Å². The Morgan fingerprint density at radius 2 is 2.29 bits per heavy atom. The average Bonchev–Trinajstić information content (AvgIpc) is 3.24. The summed E-state index contributed by atoms with van der Waals surface area (Å²) in [4.78, 5) is 14.4. The molecular formula is C17H20N6O. The van der Waals surface area contributed by atoms with E-state index in [9.17, 15) is 0 Å². The lowest BCUT2D eigenvalue weighted by atomic mass is 9.97. The molecule has 1 aliphatic rings. The van der Waals surface area contributed by atoms with Crippen molar-refractivity contribution in [2.24, 2.45) is 0 Å². The van der Waals surface area contributed by atoms with Crippen LogP contribution < -0.4 is 0 Å². The second-order valence-electron chi connectivity index (χ2n) is 6.36. The van der Waals surface area contributed by atoms with Gasteiger partial charge in [0.15, 0.2) is 0 Å². The van der Waals surface area contributed by atoms with Crippen molar-refractivity contribution in [3.8, 4) is 0 Å². The number of rotatable bonds is 4. The lowest BCUT2D eigenvalue weighted by Crippen LogP contribution is -2.36.